The maximum Gasteiger partial charge on any atom is 0.344 e. The Morgan fingerprint density at radius 1 is 1.50 bits per heavy atom. The van der Waals surface area contributed by atoms with E-state index in [1.165, 1.54) is 5.56 Å². The Morgan fingerprint density at radius 3 is 3.06 bits per heavy atom. The van der Waals surface area contributed by atoms with Gasteiger partial charge in [-0.1, -0.05) is 39.8 Å². The van der Waals surface area contributed by atoms with Crippen LogP contribution in [0.2, 0.25) is 0 Å². The Kier molecular flexibility index (Phi) is 3.30. The molecule has 1 N–H and O–H groups in total. The highest BCUT2D eigenvalue weighted by molar-refractivity contribution is 9.10. The van der Waals surface area contributed by atoms with Crippen LogP contribution in [0.5, 0.6) is 0 Å². The van der Waals surface area contributed by atoms with Gasteiger partial charge in [0, 0.05) is 16.3 Å². The Bertz CT molecular complexity index is 618. The van der Waals surface area contributed by atoms with E-state index in [1.807, 2.05) is 12.1 Å². The van der Waals surface area contributed by atoms with Crippen LogP contribution in [0.4, 0.5) is 0 Å². The highest BCUT2D eigenvalue weighted by Gasteiger charge is 2.28. The first-order valence-electron chi connectivity index (χ1n) is 5.78. The Labute approximate surface area is 117 Å². The molecule has 6 heteroatoms. The lowest BCUT2D eigenvalue weighted by atomic mass is 10.2. The fraction of sp³-hybridized carbons (Fsp3) is 0.333. The van der Waals surface area contributed by atoms with Gasteiger partial charge < -0.3 is 0 Å². The van der Waals surface area contributed by atoms with Crippen molar-refractivity contribution in [2.45, 2.75) is 29.8 Å². The van der Waals surface area contributed by atoms with E-state index in [4.69, 9.17) is 0 Å². The summed E-state index contributed by atoms with van der Waals surface area (Å²) in [6, 6.07) is 8.53. The third kappa shape index (κ3) is 2.54. The van der Waals surface area contributed by atoms with E-state index < -0.39 is 0 Å². The fourth-order valence-corrected chi connectivity index (χ4v) is 3.22. The highest BCUT2D eigenvalue weighted by atomic mass is 79.9. The van der Waals surface area contributed by atoms with Crippen molar-refractivity contribution in [3.8, 4) is 0 Å². The molecule has 1 heterocycles. The first kappa shape index (κ1) is 12.0. The third-order valence-electron chi connectivity index (χ3n) is 2.84. The zero-order chi connectivity index (χ0) is 12.5. The fourth-order valence-electron chi connectivity index (χ4n) is 1.82. The molecular formula is C12H12BrN3OS. The van der Waals surface area contributed by atoms with Crippen molar-refractivity contribution in [3.63, 3.8) is 0 Å². The zero-order valence-electron chi connectivity index (χ0n) is 9.60. The van der Waals surface area contributed by atoms with E-state index in [0.717, 1.165) is 28.2 Å². The first-order chi connectivity index (χ1) is 8.74. The van der Waals surface area contributed by atoms with Crippen molar-refractivity contribution in [1.82, 2.24) is 14.8 Å². The molecule has 0 atom stereocenters. The molecular weight excluding hydrogens is 314 g/mol. The minimum Gasteiger partial charge on any atom is -0.267 e. The number of nitrogens with one attached hydrogen (secondary N) is 1. The van der Waals surface area contributed by atoms with Gasteiger partial charge in [0.05, 0.1) is 0 Å². The van der Waals surface area contributed by atoms with Crippen molar-refractivity contribution in [3.05, 3.63) is 44.8 Å². The molecule has 0 amide bonds. The van der Waals surface area contributed by atoms with E-state index in [2.05, 4.69) is 38.3 Å². The molecule has 1 aliphatic rings. The number of aromatic nitrogens is 3. The van der Waals surface area contributed by atoms with Gasteiger partial charge in [0.15, 0.2) is 5.16 Å². The van der Waals surface area contributed by atoms with Gasteiger partial charge in [0.2, 0.25) is 0 Å². The number of hydrogen-bond acceptors (Lipinski definition) is 3. The average molecular weight is 326 g/mol. The van der Waals surface area contributed by atoms with Crippen LogP contribution in [0.3, 0.4) is 0 Å². The van der Waals surface area contributed by atoms with Crippen LogP contribution in [-0.4, -0.2) is 14.8 Å². The molecule has 0 saturated heterocycles. The molecule has 0 aliphatic heterocycles. The number of rotatable bonds is 4. The molecule has 1 fully saturated rings. The summed E-state index contributed by atoms with van der Waals surface area (Å²) in [4.78, 5) is 11.6. The third-order valence-corrected chi connectivity index (χ3v) is 4.36. The van der Waals surface area contributed by atoms with Gasteiger partial charge in [-0.15, -0.1) is 5.10 Å². The van der Waals surface area contributed by atoms with E-state index >= 15 is 0 Å². The summed E-state index contributed by atoms with van der Waals surface area (Å²) in [5.41, 5.74) is 1.13. The smallest absolute Gasteiger partial charge is 0.267 e. The van der Waals surface area contributed by atoms with Crippen LogP contribution in [0.1, 0.15) is 24.4 Å². The summed E-state index contributed by atoms with van der Waals surface area (Å²) >= 11 is 5.05. The lowest BCUT2D eigenvalue weighted by molar-refractivity contribution is 0.642. The maximum absolute atomic E-state index is 11.6. The van der Waals surface area contributed by atoms with Gasteiger partial charge in [-0.2, -0.15) is 0 Å². The van der Waals surface area contributed by atoms with Gasteiger partial charge in [-0.05, 0) is 30.5 Å². The molecule has 3 rings (SSSR count). The second-order valence-corrected chi connectivity index (χ2v) is 6.19. The first-order valence-corrected chi connectivity index (χ1v) is 7.56. The van der Waals surface area contributed by atoms with Crippen LogP contribution in [0.15, 0.2) is 38.7 Å². The average Bonchev–Trinajstić information content (AvgIpc) is 3.11. The lowest BCUT2D eigenvalue weighted by Crippen LogP contribution is -2.16. The highest BCUT2D eigenvalue weighted by Crippen LogP contribution is 2.36. The largest absolute Gasteiger partial charge is 0.344 e. The summed E-state index contributed by atoms with van der Waals surface area (Å²) in [6.07, 6.45) is 2.17. The molecule has 2 aromatic rings. The van der Waals surface area contributed by atoms with E-state index in [-0.39, 0.29) is 5.69 Å². The Balaban J connectivity index is 1.75. The molecule has 1 aromatic heterocycles. The second kappa shape index (κ2) is 4.93. The molecule has 94 valence electrons. The molecule has 1 aromatic carbocycles. The zero-order valence-corrected chi connectivity index (χ0v) is 12.0. The van der Waals surface area contributed by atoms with Gasteiger partial charge in [-0.3, -0.25) is 4.57 Å². The SMILES string of the molecule is O=c1[nH]nc(SCc2cccc(Br)c2)n1C1CC1. The summed E-state index contributed by atoms with van der Waals surface area (Å²) in [5, 5.41) is 7.42. The van der Waals surface area contributed by atoms with Crippen molar-refractivity contribution in [2.75, 3.05) is 0 Å². The molecule has 0 unspecified atom stereocenters. The number of benzene rings is 1. The molecule has 1 aliphatic carbocycles. The number of thioether (sulfide) groups is 1. The van der Waals surface area contributed by atoms with E-state index in [1.54, 1.807) is 16.3 Å². The predicted octanol–water partition coefficient (Wildman–Crippen LogP) is 2.96. The number of aromatic amines is 1. The van der Waals surface area contributed by atoms with Crippen molar-refractivity contribution in [1.29, 1.82) is 0 Å². The molecule has 0 bridgehead atoms. The molecule has 1 saturated carbocycles. The standard InChI is InChI=1S/C12H12BrN3OS/c13-9-3-1-2-8(6-9)7-18-12-15-14-11(17)16(12)10-4-5-10/h1-3,6,10H,4-5,7H2,(H,14,17). The van der Waals surface area contributed by atoms with Crippen LogP contribution in [0.25, 0.3) is 0 Å². The monoisotopic (exact) mass is 325 g/mol. The molecule has 4 nitrogen and oxygen atoms in total. The molecule has 18 heavy (non-hydrogen) atoms. The Morgan fingerprint density at radius 2 is 2.33 bits per heavy atom. The molecule has 0 spiro atoms. The van der Waals surface area contributed by atoms with Crippen LogP contribution in [-0.2, 0) is 5.75 Å². The Hall–Kier alpha value is -1.01. The topological polar surface area (TPSA) is 50.7 Å². The number of hydrogen-bond donors (Lipinski definition) is 1. The molecule has 0 radical (unpaired) electrons. The minimum atomic E-state index is -0.0887. The minimum absolute atomic E-state index is 0.0887. The summed E-state index contributed by atoms with van der Waals surface area (Å²) in [5.74, 6) is 0.816. The predicted molar refractivity (Wildman–Crippen MR) is 74.8 cm³/mol. The lowest BCUT2D eigenvalue weighted by Gasteiger charge is -2.03. The number of nitrogens with zero attached hydrogens (tertiary/aromatic N) is 2. The van der Waals surface area contributed by atoms with Crippen LogP contribution < -0.4 is 5.69 Å². The van der Waals surface area contributed by atoms with Gasteiger partial charge in [0.25, 0.3) is 0 Å². The summed E-state index contributed by atoms with van der Waals surface area (Å²) < 4.78 is 2.85. The number of H-pyrrole nitrogens is 1. The van der Waals surface area contributed by atoms with Gasteiger partial charge in [0.1, 0.15) is 0 Å². The number of halogens is 1. The van der Waals surface area contributed by atoms with Gasteiger partial charge >= 0.3 is 5.69 Å². The van der Waals surface area contributed by atoms with Crippen molar-refractivity contribution < 1.29 is 0 Å². The van der Waals surface area contributed by atoms with Crippen molar-refractivity contribution >= 4 is 27.7 Å². The normalized spacial score (nSPS) is 14.9. The van der Waals surface area contributed by atoms with E-state index in [9.17, 15) is 4.79 Å². The quantitative estimate of drug-likeness (QED) is 0.879. The van der Waals surface area contributed by atoms with Crippen molar-refractivity contribution in [2.24, 2.45) is 0 Å². The van der Waals surface area contributed by atoms with Gasteiger partial charge in [-0.25, -0.2) is 9.89 Å². The van der Waals surface area contributed by atoms with Crippen LogP contribution in [0, 0.1) is 0 Å². The van der Waals surface area contributed by atoms with Crippen LogP contribution >= 0.6 is 27.7 Å². The maximum atomic E-state index is 11.6. The van der Waals surface area contributed by atoms with E-state index in [0.29, 0.717) is 6.04 Å². The summed E-state index contributed by atoms with van der Waals surface area (Å²) in [6.45, 7) is 0. The second-order valence-electron chi connectivity index (χ2n) is 4.33. The summed E-state index contributed by atoms with van der Waals surface area (Å²) in [7, 11) is 0.